The highest BCUT2D eigenvalue weighted by atomic mass is 32.2. The molecule has 2 heterocycles. The van der Waals surface area contributed by atoms with Crippen molar-refractivity contribution in [3.8, 4) is 5.75 Å². The molecule has 1 N–H and O–H groups in total. The third-order valence-corrected chi connectivity index (χ3v) is 7.77. The summed E-state index contributed by atoms with van der Waals surface area (Å²) in [6.45, 7) is 5.21. The van der Waals surface area contributed by atoms with Gasteiger partial charge >= 0.3 is 5.97 Å². The van der Waals surface area contributed by atoms with Crippen molar-refractivity contribution in [1.82, 2.24) is 9.88 Å². The summed E-state index contributed by atoms with van der Waals surface area (Å²) in [4.78, 5) is 18.1. The molecule has 0 aliphatic carbocycles. The number of piperidine rings is 1. The van der Waals surface area contributed by atoms with E-state index in [0.717, 1.165) is 49.1 Å². The van der Waals surface area contributed by atoms with E-state index in [1.54, 1.807) is 19.4 Å². The maximum Gasteiger partial charge on any atom is 0.303 e. The number of pyridine rings is 1. The topological polar surface area (TPSA) is 62.7 Å². The van der Waals surface area contributed by atoms with Crippen molar-refractivity contribution in [2.75, 3.05) is 38.2 Å². The van der Waals surface area contributed by atoms with Gasteiger partial charge in [-0.2, -0.15) is 11.8 Å². The van der Waals surface area contributed by atoms with Gasteiger partial charge in [0.1, 0.15) is 11.9 Å². The Labute approximate surface area is 201 Å². The summed E-state index contributed by atoms with van der Waals surface area (Å²) in [6.07, 6.45) is 4.86. The van der Waals surface area contributed by atoms with E-state index in [2.05, 4.69) is 16.8 Å². The van der Waals surface area contributed by atoms with Gasteiger partial charge in [0, 0.05) is 24.5 Å². The summed E-state index contributed by atoms with van der Waals surface area (Å²) < 4.78 is 20.8. The molecule has 3 rings (SSSR count). The van der Waals surface area contributed by atoms with E-state index >= 15 is 4.39 Å². The van der Waals surface area contributed by atoms with E-state index in [4.69, 9.17) is 4.74 Å². The van der Waals surface area contributed by atoms with Crippen LogP contribution in [0.25, 0.3) is 10.9 Å². The van der Waals surface area contributed by atoms with Crippen molar-refractivity contribution in [3.63, 3.8) is 0 Å². The normalized spacial score (nSPS) is 20.1. The van der Waals surface area contributed by atoms with Crippen LogP contribution in [0.15, 0.2) is 30.5 Å². The van der Waals surface area contributed by atoms with E-state index in [-0.39, 0.29) is 6.42 Å². The van der Waals surface area contributed by atoms with Gasteiger partial charge in [0.15, 0.2) is 0 Å². The molecule has 0 radical (unpaired) electrons. The molecule has 1 aliphatic heterocycles. The van der Waals surface area contributed by atoms with Gasteiger partial charge in [0.25, 0.3) is 0 Å². The van der Waals surface area contributed by atoms with Crippen molar-refractivity contribution in [2.24, 2.45) is 11.8 Å². The van der Waals surface area contributed by atoms with Crippen LogP contribution in [0.4, 0.5) is 4.39 Å². The molecule has 0 amide bonds. The Hall–Kier alpha value is -1.86. The molecule has 1 aliphatic rings. The van der Waals surface area contributed by atoms with Crippen molar-refractivity contribution in [3.05, 3.63) is 36.0 Å². The van der Waals surface area contributed by atoms with Gasteiger partial charge in [-0.15, -0.1) is 0 Å². The monoisotopic (exact) mass is 476 g/mol. The quantitative estimate of drug-likeness (QED) is 0.359. The molecular formula is C26H37FN2O3S. The fourth-order valence-electron chi connectivity index (χ4n) is 4.97. The van der Waals surface area contributed by atoms with Crippen LogP contribution in [-0.2, 0) is 4.79 Å². The molecule has 1 aromatic carbocycles. The third kappa shape index (κ3) is 7.57. The molecule has 1 fully saturated rings. The SMILES string of the molecule is CCSCCCN1CCC(CC[C@H](F)c2ccnc3ccc(OC)cc23)C(CCC(=O)O)C1. The Bertz CT molecular complexity index is 897. The van der Waals surface area contributed by atoms with Crippen LogP contribution in [0.3, 0.4) is 0 Å². The number of carboxylic acid groups (broad SMARTS) is 1. The van der Waals surface area contributed by atoms with Crippen molar-refractivity contribution in [1.29, 1.82) is 0 Å². The molecule has 1 aromatic heterocycles. The standard InChI is InChI=1S/C26H37FN2O3S/c1-3-33-16-4-14-29-15-12-19(20(18-29)6-10-26(30)31)5-8-24(27)22-11-13-28-25-9-7-21(32-2)17-23(22)25/h7,9,11,13,17,19-20,24H,3-6,8,10,12,14-16,18H2,1-2H3,(H,30,31)/t19?,20?,24-/m0/s1. The Morgan fingerprint density at radius 3 is 2.94 bits per heavy atom. The number of nitrogens with zero attached hydrogens (tertiary/aromatic N) is 2. The highest BCUT2D eigenvalue weighted by Gasteiger charge is 2.30. The first-order valence-electron chi connectivity index (χ1n) is 12.1. The lowest BCUT2D eigenvalue weighted by molar-refractivity contribution is -0.137. The molecule has 33 heavy (non-hydrogen) atoms. The molecule has 5 nitrogen and oxygen atoms in total. The van der Waals surface area contributed by atoms with E-state index in [1.807, 2.05) is 30.0 Å². The van der Waals surface area contributed by atoms with Crippen LogP contribution in [0.5, 0.6) is 5.75 Å². The van der Waals surface area contributed by atoms with E-state index in [0.29, 0.717) is 36.0 Å². The number of methoxy groups -OCH3 is 1. The number of hydrogen-bond acceptors (Lipinski definition) is 5. The summed E-state index contributed by atoms with van der Waals surface area (Å²) in [5.41, 5.74) is 1.43. The Kier molecular flexibility index (Phi) is 10.3. The molecule has 0 saturated carbocycles. The second-order valence-corrected chi connectivity index (χ2v) is 10.3. The molecule has 2 aromatic rings. The van der Waals surface area contributed by atoms with Crippen LogP contribution in [0, 0.1) is 11.8 Å². The first kappa shape index (κ1) is 25.8. The van der Waals surface area contributed by atoms with Crippen molar-refractivity contribution >= 4 is 28.6 Å². The second kappa shape index (κ2) is 13.1. The fourth-order valence-corrected chi connectivity index (χ4v) is 5.59. The molecular weight excluding hydrogens is 439 g/mol. The summed E-state index contributed by atoms with van der Waals surface area (Å²) in [5.74, 6) is 2.95. The first-order chi connectivity index (χ1) is 16.0. The van der Waals surface area contributed by atoms with Crippen molar-refractivity contribution in [2.45, 2.75) is 51.6 Å². The van der Waals surface area contributed by atoms with Gasteiger partial charge in [-0.1, -0.05) is 6.92 Å². The Morgan fingerprint density at radius 2 is 2.18 bits per heavy atom. The molecule has 2 unspecified atom stereocenters. The summed E-state index contributed by atoms with van der Waals surface area (Å²) in [7, 11) is 1.61. The number of alkyl halides is 1. The predicted molar refractivity (Wildman–Crippen MR) is 134 cm³/mol. The molecule has 1 saturated heterocycles. The predicted octanol–water partition coefficient (Wildman–Crippen LogP) is 5.98. The minimum absolute atomic E-state index is 0.189. The van der Waals surface area contributed by atoms with Gasteiger partial charge in [0.05, 0.1) is 12.6 Å². The smallest absolute Gasteiger partial charge is 0.303 e. The summed E-state index contributed by atoms with van der Waals surface area (Å²) >= 11 is 1.97. The van der Waals surface area contributed by atoms with E-state index in [9.17, 15) is 9.90 Å². The number of carboxylic acids is 1. The van der Waals surface area contributed by atoms with Crippen LogP contribution < -0.4 is 4.74 Å². The second-order valence-electron chi connectivity index (χ2n) is 8.92. The zero-order chi connectivity index (χ0) is 23.6. The van der Waals surface area contributed by atoms with E-state index < -0.39 is 12.1 Å². The zero-order valence-electron chi connectivity index (χ0n) is 19.8. The largest absolute Gasteiger partial charge is 0.497 e. The molecule has 7 heteroatoms. The maximum atomic E-state index is 15.4. The fraction of sp³-hybridized carbons (Fsp3) is 0.615. The number of carbonyl (C=O) groups is 1. The summed E-state index contributed by atoms with van der Waals surface area (Å²) in [6, 6.07) is 7.33. The zero-order valence-corrected chi connectivity index (χ0v) is 20.7. The lowest BCUT2D eigenvalue weighted by Crippen LogP contribution is -2.41. The number of fused-ring (bicyclic) bond motifs is 1. The number of benzene rings is 1. The van der Waals surface area contributed by atoms with Crippen LogP contribution in [0.1, 0.15) is 57.2 Å². The molecule has 182 valence electrons. The molecule has 3 atom stereocenters. The lowest BCUT2D eigenvalue weighted by Gasteiger charge is -2.39. The Balaban J connectivity index is 1.62. The number of hydrogen-bond donors (Lipinski definition) is 1. The van der Waals surface area contributed by atoms with Gasteiger partial charge < -0.3 is 14.7 Å². The molecule has 0 spiro atoms. The number of aromatic nitrogens is 1. The average Bonchev–Trinajstić information content (AvgIpc) is 2.83. The van der Waals surface area contributed by atoms with Gasteiger partial charge in [0.2, 0.25) is 0 Å². The third-order valence-electron chi connectivity index (χ3n) is 6.78. The highest BCUT2D eigenvalue weighted by molar-refractivity contribution is 7.99. The van der Waals surface area contributed by atoms with Gasteiger partial charge in [-0.05, 0) is 98.4 Å². The maximum absolute atomic E-state index is 15.4. The average molecular weight is 477 g/mol. The van der Waals surface area contributed by atoms with E-state index in [1.165, 1.54) is 12.2 Å². The number of ether oxygens (including phenoxy) is 1. The van der Waals surface area contributed by atoms with Gasteiger partial charge in [-0.3, -0.25) is 9.78 Å². The number of likely N-dealkylation sites (tertiary alicyclic amines) is 1. The lowest BCUT2D eigenvalue weighted by atomic mass is 9.79. The minimum atomic E-state index is -1.08. The number of thioether (sulfide) groups is 1. The number of aliphatic carboxylic acids is 1. The highest BCUT2D eigenvalue weighted by Crippen LogP contribution is 2.36. The van der Waals surface area contributed by atoms with Crippen LogP contribution >= 0.6 is 11.8 Å². The number of rotatable bonds is 13. The van der Waals surface area contributed by atoms with Crippen molar-refractivity contribution < 1.29 is 19.0 Å². The van der Waals surface area contributed by atoms with Gasteiger partial charge in [-0.25, -0.2) is 4.39 Å². The minimum Gasteiger partial charge on any atom is -0.497 e. The first-order valence-corrected chi connectivity index (χ1v) is 13.3. The van der Waals surface area contributed by atoms with Crippen LogP contribution in [0.2, 0.25) is 0 Å². The summed E-state index contributed by atoms with van der Waals surface area (Å²) in [5, 5.41) is 10.0. The Morgan fingerprint density at radius 1 is 1.33 bits per heavy atom. The van der Waals surface area contributed by atoms with Crippen LogP contribution in [-0.4, -0.2) is 59.2 Å². The number of halogens is 1. The molecule has 0 bridgehead atoms.